The number of aromatic nitrogens is 2. The lowest BCUT2D eigenvalue weighted by molar-refractivity contribution is 0.0698. The number of halogens is 2. The lowest BCUT2D eigenvalue weighted by Gasteiger charge is -2.07. The zero-order valence-corrected chi connectivity index (χ0v) is 12.4. The molecule has 0 saturated carbocycles. The van der Waals surface area contributed by atoms with Crippen LogP contribution in [0, 0.1) is 0 Å². The monoisotopic (exact) mass is 350 g/mol. The van der Waals surface area contributed by atoms with E-state index in [1.165, 1.54) is 0 Å². The molecular formula is C14H8BrClN2O2. The van der Waals surface area contributed by atoms with Gasteiger partial charge in [0, 0.05) is 10.2 Å². The highest BCUT2D eigenvalue weighted by Gasteiger charge is 2.14. The average Bonchev–Trinajstić information content (AvgIpc) is 2.85. The molecule has 0 amide bonds. The maximum Gasteiger partial charge on any atom is 0.337 e. The van der Waals surface area contributed by atoms with Crippen molar-refractivity contribution in [2.45, 2.75) is 0 Å². The van der Waals surface area contributed by atoms with Gasteiger partial charge in [-0.3, -0.25) is 4.57 Å². The summed E-state index contributed by atoms with van der Waals surface area (Å²) >= 11 is 9.42. The Hall–Kier alpha value is -1.85. The number of nitrogens with zero attached hydrogens (tertiary/aromatic N) is 2. The fraction of sp³-hybridized carbons (Fsp3) is 0. The van der Waals surface area contributed by atoms with Gasteiger partial charge >= 0.3 is 5.97 Å². The van der Waals surface area contributed by atoms with Gasteiger partial charge in [0.05, 0.1) is 21.6 Å². The van der Waals surface area contributed by atoms with E-state index in [9.17, 15) is 9.90 Å². The summed E-state index contributed by atoms with van der Waals surface area (Å²) in [6.45, 7) is 0. The summed E-state index contributed by atoms with van der Waals surface area (Å²) < 4.78 is 2.50. The van der Waals surface area contributed by atoms with Gasteiger partial charge in [-0.25, -0.2) is 9.78 Å². The van der Waals surface area contributed by atoms with Crippen LogP contribution in [0.25, 0.3) is 16.7 Å². The molecule has 0 radical (unpaired) electrons. The van der Waals surface area contributed by atoms with Crippen molar-refractivity contribution in [1.29, 1.82) is 0 Å². The number of fused-ring (bicyclic) bond motifs is 1. The van der Waals surface area contributed by atoms with E-state index in [4.69, 9.17) is 11.6 Å². The third-order valence-corrected chi connectivity index (χ3v) is 4.21. The predicted octanol–water partition coefficient (Wildman–Crippen LogP) is 4.14. The van der Waals surface area contributed by atoms with E-state index in [1.54, 1.807) is 35.2 Å². The number of para-hydroxylation sites is 1. The van der Waals surface area contributed by atoms with Gasteiger partial charge in [0.2, 0.25) is 0 Å². The number of hydrogen-bond donors (Lipinski definition) is 1. The minimum absolute atomic E-state index is 0.207. The van der Waals surface area contributed by atoms with Gasteiger partial charge < -0.3 is 5.11 Å². The molecule has 2 aromatic carbocycles. The first-order chi connectivity index (χ1) is 9.58. The molecule has 0 aliphatic heterocycles. The van der Waals surface area contributed by atoms with E-state index in [1.807, 2.05) is 12.1 Å². The van der Waals surface area contributed by atoms with Gasteiger partial charge in [-0.2, -0.15) is 0 Å². The van der Waals surface area contributed by atoms with Gasteiger partial charge in [-0.15, -0.1) is 0 Å². The molecule has 0 spiro atoms. The Labute approximate surface area is 127 Å². The summed E-state index contributed by atoms with van der Waals surface area (Å²) in [7, 11) is 0. The summed E-state index contributed by atoms with van der Waals surface area (Å²) in [5, 5.41) is 9.85. The van der Waals surface area contributed by atoms with E-state index >= 15 is 0 Å². The van der Waals surface area contributed by atoms with Crippen molar-refractivity contribution < 1.29 is 9.90 Å². The van der Waals surface area contributed by atoms with Crippen molar-refractivity contribution in [3.05, 3.63) is 57.8 Å². The molecule has 1 heterocycles. The fourth-order valence-corrected chi connectivity index (χ4v) is 2.49. The number of aromatic carboxylic acids is 1. The first-order valence-corrected chi connectivity index (χ1v) is 6.90. The molecule has 20 heavy (non-hydrogen) atoms. The highest BCUT2D eigenvalue weighted by atomic mass is 79.9. The van der Waals surface area contributed by atoms with Crippen LogP contribution in [0.15, 0.2) is 47.2 Å². The molecule has 3 aromatic rings. The lowest BCUT2D eigenvalue weighted by atomic mass is 10.2. The highest BCUT2D eigenvalue weighted by Crippen LogP contribution is 2.28. The molecular weight excluding hydrogens is 344 g/mol. The number of imidazole rings is 1. The van der Waals surface area contributed by atoms with Crippen LogP contribution in [-0.2, 0) is 0 Å². The van der Waals surface area contributed by atoms with Crippen LogP contribution in [0.2, 0.25) is 5.02 Å². The molecule has 4 nitrogen and oxygen atoms in total. The molecule has 3 rings (SSSR count). The number of benzene rings is 2. The molecule has 1 aromatic heterocycles. The molecule has 6 heteroatoms. The van der Waals surface area contributed by atoms with Crippen LogP contribution >= 0.6 is 27.5 Å². The van der Waals surface area contributed by atoms with Crippen LogP contribution in [0.1, 0.15) is 10.4 Å². The zero-order valence-electron chi connectivity index (χ0n) is 10.0. The lowest BCUT2D eigenvalue weighted by Crippen LogP contribution is -2.01. The minimum Gasteiger partial charge on any atom is -0.478 e. The second kappa shape index (κ2) is 4.92. The SMILES string of the molecule is O=C(O)c1cccc2ncn(-c3ccc(Br)c(Cl)c3)c12. The zero-order chi connectivity index (χ0) is 14.3. The summed E-state index contributed by atoms with van der Waals surface area (Å²) in [4.78, 5) is 15.6. The Morgan fingerprint density at radius 1 is 1.30 bits per heavy atom. The molecule has 0 bridgehead atoms. The Morgan fingerprint density at radius 3 is 2.80 bits per heavy atom. The Morgan fingerprint density at radius 2 is 2.10 bits per heavy atom. The third-order valence-electron chi connectivity index (χ3n) is 2.98. The summed E-state index contributed by atoms with van der Waals surface area (Å²) in [6, 6.07) is 10.4. The molecule has 0 aliphatic rings. The Bertz CT molecular complexity index is 829. The summed E-state index contributed by atoms with van der Waals surface area (Å²) in [5.41, 5.74) is 2.15. The van der Waals surface area contributed by atoms with E-state index in [0.29, 0.717) is 16.1 Å². The number of rotatable bonds is 2. The quantitative estimate of drug-likeness (QED) is 0.755. The number of carbonyl (C=O) groups is 1. The predicted molar refractivity (Wildman–Crippen MR) is 80.7 cm³/mol. The molecule has 0 unspecified atom stereocenters. The normalized spacial score (nSPS) is 10.9. The average molecular weight is 352 g/mol. The molecule has 1 N–H and O–H groups in total. The smallest absolute Gasteiger partial charge is 0.337 e. The van der Waals surface area contributed by atoms with Crippen molar-refractivity contribution >= 4 is 44.5 Å². The minimum atomic E-state index is -0.986. The first-order valence-electron chi connectivity index (χ1n) is 5.72. The molecule has 0 saturated heterocycles. The van der Waals surface area contributed by atoms with Gasteiger partial charge in [0.1, 0.15) is 6.33 Å². The topological polar surface area (TPSA) is 55.1 Å². The molecule has 100 valence electrons. The molecule has 0 atom stereocenters. The van der Waals surface area contributed by atoms with Crippen LogP contribution in [-0.4, -0.2) is 20.6 Å². The summed E-state index contributed by atoms with van der Waals surface area (Å²) in [5.74, 6) is -0.986. The maximum absolute atomic E-state index is 11.3. The van der Waals surface area contributed by atoms with E-state index < -0.39 is 5.97 Å². The standard InChI is InChI=1S/C14H8BrClN2O2/c15-10-5-4-8(6-11(10)16)18-7-17-12-3-1-2-9(13(12)18)14(19)20/h1-7H,(H,19,20). The highest BCUT2D eigenvalue weighted by molar-refractivity contribution is 9.10. The summed E-state index contributed by atoms with van der Waals surface area (Å²) in [6.07, 6.45) is 1.59. The van der Waals surface area contributed by atoms with Crippen molar-refractivity contribution in [1.82, 2.24) is 9.55 Å². The van der Waals surface area contributed by atoms with Gasteiger partial charge in [0.25, 0.3) is 0 Å². The number of carboxylic acids is 1. The largest absolute Gasteiger partial charge is 0.478 e. The van der Waals surface area contributed by atoms with Crippen molar-refractivity contribution in [3.63, 3.8) is 0 Å². The Balaban J connectivity index is 2.31. The van der Waals surface area contributed by atoms with Crippen LogP contribution in [0.3, 0.4) is 0 Å². The molecule has 0 aliphatic carbocycles. The van der Waals surface area contributed by atoms with Crippen LogP contribution in [0.4, 0.5) is 0 Å². The third kappa shape index (κ3) is 2.09. The molecule has 0 fully saturated rings. The van der Waals surface area contributed by atoms with Gasteiger partial charge in [-0.05, 0) is 46.3 Å². The second-order valence-electron chi connectivity index (χ2n) is 4.19. The van der Waals surface area contributed by atoms with Crippen LogP contribution in [0.5, 0.6) is 0 Å². The van der Waals surface area contributed by atoms with E-state index in [0.717, 1.165) is 10.2 Å². The van der Waals surface area contributed by atoms with Crippen molar-refractivity contribution in [3.8, 4) is 5.69 Å². The van der Waals surface area contributed by atoms with Crippen molar-refractivity contribution in [2.24, 2.45) is 0 Å². The van der Waals surface area contributed by atoms with Gasteiger partial charge in [0.15, 0.2) is 0 Å². The van der Waals surface area contributed by atoms with Crippen LogP contribution < -0.4 is 0 Å². The second-order valence-corrected chi connectivity index (χ2v) is 5.45. The number of hydrogen-bond acceptors (Lipinski definition) is 2. The van der Waals surface area contributed by atoms with E-state index in [-0.39, 0.29) is 5.56 Å². The fourth-order valence-electron chi connectivity index (χ4n) is 2.07. The number of carboxylic acid groups (broad SMARTS) is 1. The first kappa shape index (κ1) is 13.1. The van der Waals surface area contributed by atoms with Gasteiger partial charge in [-0.1, -0.05) is 17.7 Å². The Kier molecular flexibility index (Phi) is 3.23. The maximum atomic E-state index is 11.3. The van der Waals surface area contributed by atoms with E-state index in [2.05, 4.69) is 20.9 Å². The van der Waals surface area contributed by atoms with Crippen molar-refractivity contribution in [2.75, 3.05) is 0 Å².